The molecule has 0 bridgehead atoms. The third-order valence-corrected chi connectivity index (χ3v) is 7.25. The Hall–Kier alpha value is -2.72. The molecule has 4 heteroatoms. The van der Waals surface area contributed by atoms with Crippen LogP contribution in [0.2, 0.25) is 0 Å². The molecule has 0 N–H and O–H groups in total. The molecule has 0 saturated carbocycles. The summed E-state index contributed by atoms with van der Waals surface area (Å²) in [5, 5.41) is 2.77. The van der Waals surface area contributed by atoms with Crippen molar-refractivity contribution in [1.82, 2.24) is 4.90 Å². The zero-order valence-corrected chi connectivity index (χ0v) is 16.3. The SMILES string of the molecule is O=C1CC2(CCN(C3Cc4cccc5cccc3c45)CC2)N1c1ccc(F)cc1. The van der Waals surface area contributed by atoms with Gasteiger partial charge in [-0.15, -0.1) is 0 Å². The predicted molar refractivity (Wildman–Crippen MR) is 112 cm³/mol. The van der Waals surface area contributed by atoms with E-state index >= 15 is 0 Å². The number of amides is 1. The summed E-state index contributed by atoms with van der Waals surface area (Å²) < 4.78 is 13.3. The lowest BCUT2D eigenvalue weighted by Gasteiger charge is -2.56. The van der Waals surface area contributed by atoms with Gasteiger partial charge in [0.2, 0.25) is 5.91 Å². The van der Waals surface area contributed by atoms with Crippen LogP contribution in [0.3, 0.4) is 0 Å². The molecule has 29 heavy (non-hydrogen) atoms. The number of carbonyl (C=O) groups excluding carboxylic acids is 1. The lowest BCUT2D eigenvalue weighted by molar-refractivity contribution is -0.129. The van der Waals surface area contributed by atoms with E-state index in [1.165, 1.54) is 34.0 Å². The highest BCUT2D eigenvalue weighted by molar-refractivity contribution is 6.02. The molecule has 0 aromatic heterocycles. The fraction of sp³-hybridized carbons (Fsp3) is 0.320. The number of nitrogens with zero attached hydrogens (tertiary/aromatic N) is 2. The molecule has 2 aliphatic heterocycles. The number of anilines is 1. The molecule has 146 valence electrons. The maximum absolute atomic E-state index is 13.3. The Morgan fingerprint density at radius 1 is 0.931 bits per heavy atom. The molecule has 3 aromatic rings. The Morgan fingerprint density at radius 2 is 1.66 bits per heavy atom. The van der Waals surface area contributed by atoms with Gasteiger partial charge in [-0.25, -0.2) is 4.39 Å². The van der Waals surface area contributed by atoms with E-state index in [1.807, 2.05) is 4.90 Å². The Morgan fingerprint density at radius 3 is 2.38 bits per heavy atom. The standard InChI is InChI=1S/C25H23FN2O/c26-19-7-9-20(10-8-19)28-23(29)16-25(28)11-13-27(14-12-25)22-15-18-5-1-3-17-4-2-6-21(22)24(17)18/h1-10,22H,11-16H2. The normalized spacial score (nSPS) is 23.0. The maximum atomic E-state index is 13.3. The first-order valence-corrected chi connectivity index (χ1v) is 10.5. The first kappa shape index (κ1) is 17.2. The molecule has 2 heterocycles. The molecule has 6 rings (SSSR count). The molecule has 0 radical (unpaired) electrons. The van der Waals surface area contributed by atoms with Gasteiger partial charge in [0.05, 0.1) is 12.0 Å². The van der Waals surface area contributed by atoms with Gasteiger partial charge in [-0.2, -0.15) is 0 Å². The zero-order valence-electron chi connectivity index (χ0n) is 16.3. The van der Waals surface area contributed by atoms with Crippen molar-refractivity contribution in [2.24, 2.45) is 0 Å². The van der Waals surface area contributed by atoms with Gasteiger partial charge in [-0.3, -0.25) is 9.69 Å². The fourth-order valence-electron chi connectivity index (χ4n) is 5.81. The van der Waals surface area contributed by atoms with Gasteiger partial charge in [-0.1, -0.05) is 36.4 Å². The molecule has 1 aliphatic carbocycles. The summed E-state index contributed by atoms with van der Waals surface area (Å²) >= 11 is 0. The van der Waals surface area contributed by atoms with Crippen LogP contribution in [0, 0.1) is 5.82 Å². The lowest BCUT2D eigenvalue weighted by Crippen LogP contribution is -2.67. The van der Waals surface area contributed by atoms with Gasteiger partial charge in [0.1, 0.15) is 5.82 Å². The number of carbonyl (C=O) groups is 1. The van der Waals surface area contributed by atoms with Crippen LogP contribution in [0.1, 0.15) is 36.4 Å². The molecule has 2 saturated heterocycles. The third-order valence-electron chi connectivity index (χ3n) is 7.25. The summed E-state index contributed by atoms with van der Waals surface area (Å²) in [6.45, 7) is 1.97. The van der Waals surface area contributed by atoms with Crippen molar-refractivity contribution < 1.29 is 9.18 Å². The number of benzene rings is 3. The number of rotatable bonds is 2. The fourth-order valence-corrected chi connectivity index (χ4v) is 5.81. The minimum Gasteiger partial charge on any atom is -0.306 e. The van der Waals surface area contributed by atoms with Crippen LogP contribution in [0.15, 0.2) is 60.7 Å². The predicted octanol–water partition coefficient (Wildman–Crippen LogP) is 4.85. The van der Waals surface area contributed by atoms with Gasteiger partial charge >= 0.3 is 0 Å². The van der Waals surface area contributed by atoms with Gasteiger partial charge in [0.25, 0.3) is 0 Å². The molecular formula is C25H23FN2O. The molecule has 1 spiro atoms. The van der Waals surface area contributed by atoms with Gasteiger partial charge in [-0.05, 0) is 65.4 Å². The second-order valence-corrected chi connectivity index (χ2v) is 8.73. The van der Waals surface area contributed by atoms with Crippen LogP contribution in [-0.2, 0) is 11.2 Å². The smallest absolute Gasteiger partial charge is 0.229 e. The average molecular weight is 386 g/mol. The van der Waals surface area contributed by atoms with Gasteiger partial charge in [0, 0.05) is 24.8 Å². The number of likely N-dealkylation sites (tertiary alicyclic amines) is 1. The van der Waals surface area contributed by atoms with Crippen LogP contribution in [0.4, 0.5) is 10.1 Å². The van der Waals surface area contributed by atoms with E-state index in [1.54, 1.807) is 12.1 Å². The first-order valence-electron chi connectivity index (χ1n) is 10.5. The maximum Gasteiger partial charge on any atom is 0.229 e. The number of β-lactam (4-membered cyclic amide) rings is 1. The highest BCUT2D eigenvalue weighted by atomic mass is 19.1. The van der Waals surface area contributed by atoms with E-state index in [9.17, 15) is 9.18 Å². The van der Waals surface area contributed by atoms with Gasteiger partial charge in [0.15, 0.2) is 0 Å². The summed E-state index contributed by atoms with van der Waals surface area (Å²) in [5.41, 5.74) is 3.64. The van der Waals surface area contributed by atoms with Crippen LogP contribution < -0.4 is 4.90 Å². The Balaban J connectivity index is 1.24. The number of hydrogen-bond donors (Lipinski definition) is 0. The molecule has 3 aromatic carbocycles. The lowest BCUT2D eigenvalue weighted by atomic mass is 9.75. The summed E-state index contributed by atoms with van der Waals surface area (Å²) in [6, 6.07) is 20.1. The quantitative estimate of drug-likeness (QED) is 0.588. The largest absolute Gasteiger partial charge is 0.306 e. The number of hydrogen-bond acceptors (Lipinski definition) is 2. The topological polar surface area (TPSA) is 23.6 Å². The molecule has 3 nitrogen and oxygen atoms in total. The van der Waals surface area contributed by atoms with Crippen molar-refractivity contribution in [3.63, 3.8) is 0 Å². The molecule has 1 unspecified atom stereocenters. The van der Waals surface area contributed by atoms with Crippen LogP contribution in [0.25, 0.3) is 10.8 Å². The van der Waals surface area contributed by atoms with E-state index in [-0.39, 0.29) is 17.3 Å². The summed E-state index contributed by atoms with van der Waals surface area (Å²) in [5.74, 6) is -0.108. The van der Waals surface area contributed by atoms with E-state index < -0.39 is 0 Å². The molecule has 1 atom stereocenters. The Labute approximate surface area is 169 Å². The summed E-state index contributed by atoms with van der Waals surface area (Å²) in [6.07, 6.45) is 3.63. The van der Waals surface area contributed by atoms with Crippen molar-refractivity contribution in [2.45, 2.75) is 37.3 Å². The highest BCUT2D eigenvalue weighted by Crippen LogP contribution is 2.47. The van der Waals surface area contributed by atoms with Crippen LogP contribution in [0.5, 0.6) is 0 Å². The van der Waals surface area contributed by atoms with Crippen LogP contribution in [-0.4, -0.2) is 29.4 Å². The van der Waals surface area contributed by atoms with Gasteiger partial charge < -0.3 is 4.90 Å². The third kappa shape index (κ3) is 2.48. The second-order valence-electron chi connectivity index (χ2n) is 8.73. The Kier molecular flexibility index (Phi) is 3.63. The van der Waals surface area contributed by atoms with Crippen molar-refractivity contribution in [3.05, 3.63) is 77.6 Å². The molecular weight excluding hydrogens is 363 g/mol. The second kappa shape index (κ2) is 6.14. The Bertz CT molecular complexity index is 1110. The molecule has 3 aliphatic rings. The minimum absolute atomic E-state index is 0.0944. The molecule has 2 fully saturated rings. The van der Waals surface area contributed by atoms with Crippen LogP contribution >= 0.6 is 0 Å². The van der Waals surface area contributed by atoms with Crippen molar-refractivity contribution in [3.8, 4) is 0 Å². The number of halogens is 1. The monoisotopic (exact) mass is 386 g/mol. The van der Waals surface area contributed by atoms with Crippen molar-refractivity contribution in [1.29, 1.82) is 0 Å². The van der Waals surface area contributed by atoms with E-state index in [2.05, 4.69) is 41.3 Å². The summed E-state index contributed by atoms with van der Waals surface area (Å²) in [4.78, 5) is 16.9. The van der Waals surface area contributed by atoms with E-state index in [4.69, 9.17) is 0 Å². The molecule has 1 amide bonds. The first-order chi connectivity index (χ1) is 14.1. The van der Waals surface area contributed by atoms with Crippen molar-refractivity contribution in [2.75, 3.05) is 18.0 Å². The summed E-state index contributed by atoms with van der Waals surface area (Å²) in [7, 11) is 0. The van der Waals surface area contributed by atoms with E-state index in [0.29, 0.717) is 12.5 Å². The zero-order chi connectivity index (χ0) is 19.6. The number of piperidine rings is 1. The van der Waals surface area contributed by atoms with Crippen molar-refractivity contribution >= 4 is 22.4 Å². The average Bonchev–Trinajstić information content (AvgIpc) is 3.11. The van der Waals surface area contributed by atoms with E-state index in [0.717, 1.165) is 38.0 Å². The minimum atomic E-state index is -0.263. The highest BCUT2D eigenvalue weighted by Gasteiger charge is 2.53.